The van der Waals surface area contributed by atoms with Gasteiger partial charge in [-0.1, -0.05) is 18.0 Å². The fourth-order valence-electron chi connectivity index (χ4n) is 3.74. The summed E-state index contributed by atoms with van der Waals surface area (Å²) in [7, 11) is 0. The Labute approximate surface area is 157 Å². The molecule has 1 saturated heterocycles. The van der Waals surface area contributed by atoms with Crippen LogP contribution in [0.15, 0.2) is 10.7 Å². The molecule has 0 aromatic carbocycles. The third-order valence-corrected chi connectivity index (χ3v) is 5.20. The number of rotatable bonds is 6. The van der Waals surface area contributed by atoms with E-state index in [4.69, 9.17) is 9.26 Å². The van der Waals surface area contributed by atoms with E-state index in [1.165, 1.54) is 12.8 Å². The molecule has 9 nitrogen and oxygen atoms in total. The quantitative estimate of drug-likeness (QED) is 0.805. The van der Waals surface area contributed by atoms with Crippen LogP contribution < -0.4 is 10.6 Å². The number of nitrogens with zero attached hydrogens (tertiary/aromatic N) is 4. The van der Waals surface area contributed by atoms with Crippen LogP contribution in [0, 0.1) is 6.92 Å². The normalized spacial score (nSPS) is 20.3. The van der Waals surface area contributed by atoms with Gasteiger partial charge in [-0.05, 0) is 32.6 Å². The highest BCUT2D eigenvalue weighted by molar-refractivity contribution is 5.89. The standard InChI is InChI=1S/C18H26N6O3/c1-12-11-20-24(13-5-2-3-6-13)16(12)22-18(25)19-9-8-15-21-17(27-23-15)14-7-4-10-26-14/h11,13-14H,2-10H2,1H3,(H2,19,22,25)/t14-/m1/s1. The number of urea groups is 1. The van der Waals surface area contributed by atoms with Crippen LogP contribution in [-0.2, 0) is 11.2 Å². The van der Waals surface area contributed by atoms with Crippen molar-refractivity contribution in [3.63, 3.8) is 0 Å². The highest BCUT2D eigenvalue weighted by Crippen LogP contribution is 2.32. The van der Waals surface area contributed by atoms with Crippen molar-refractivity contribution in [2.75, 3.05) is 18.5 Å². The number of aromatic nitrogens is 4. The molecule has 1 aliphatic carbocycles. The lowest BCUT2D eigenvalue weighted by molar-refractivity contribution is 0.0835. The maximum Gasteiger partial charge on any atom is 0.320 e. The number of nitrogens with one attached hydrogen (secondary N) is 2. The van der Waals surface area contributed by atoms with Gasteiger partial charge in [0.2, 0.25) is 0 Å². The van der Waals surface area contributed by atoms with E-state index in [9.17, 15) is 4.79 Å². The zero-order chi connectivity index (χ0) is 18.6. The van der Waals surface area contributed by atoms with E-state index < -0.39 is 0 Å². The molecule has 3 heterocycles. The van der Waals surface area contributed by atoms with Gasteiger partial charge in [0.05, 0.1) is 12.2 Å². The van der Waals surface area contributed by atoms with Crippen molar-refractivity contribution in [2.24, 2.45) is 0 Å². The minimum atomic E-state index is -0.249. The van der Waals surface area contributed by atoms with Gasteiger partial charge in [0.15, 0.2) is 5.82 Å². The van der Waals surface area contributed by atoms with Crippen LogP contribution in [0.1, 0.15) is 67.9 Å². The van der Waals surface area contributed by atoms with Crippen LogP contribution in [0.25, 0.3) is 0 Å². The second-order valence-corrected chi connectivity index (χ2v) is 7.24. The second kappa shape index (κ2) is 8.08. The zero-order valence-corrected chi connectivity index (χ0v) is 15.6. The predicted molar refractivity (Wildman–Crippen MR) is 97.4 cm³/mol. The molecule has 146 valence electrons. The minimum absolute atomic E-state index is 0.0821. The number of hydrogen-bond donors (Lipinski definition) is 2. The fraction of sp³-hybridized carbons (Fsp3) is 0.667. The summed E-state index contributed by atoms with van der Waals surface area (Å²) in [4.78, 5) is 16.6. The second-order valence-electron chi connectivity index (χ2n) is 7.24. The molecule has 2 aliphatic rings. The van der Waals surface area contributed by atoms with Crippen molar-refractivity contribution in [1.82, 2.24) is 25.2 Å². The van der Waals surface area contributed by atoms with E-state index in [0.29, 0.717) is 30.7 Å². The molecule has 2 aromatic rings. The van der Waals surface area contributed by atoms with Gasteiger partial charge in [-0.15, -0.1) is 0 Å². The van der Waals surface area contributed by atoms with Crippen LogP contribution in [0.5, 0.6) is 0 Å². The summed E-state index contributed by atoms with van der Waals surface area (Å²) in [5, 5.41) is 14.2. The molecule has 0 bridgehead atoms. The predicted octanol–water partition coefficient (Wildman–Crippen LogP) is 2.91. The molecule has 2 N–H and O–H groups in total. The van der Waals surface area contributed by atoms with Gasteiger partial charge in [-0.2, -0.15) is 10.1 Å². The Morgan fingerprint density at radius 1 is 1.30 bits per heavy atom. The van der Waals surface area contributed by atoms with E-state index in [1.807, 2.05) is 11.6 Å². The maximum absolute atomic E-state index is 12.3. The maximum atomic E-state index is 12.3. The van der Waals surface area contributed by atoms with Crippen molar-refractivity contribution < 1.29 is 14.1 Å². The number of carbonyl (C=O) groups excluding carboxylic acids is 1. The van der Waals surface area contributed by atoms with Crippen LogP contribution >= 0.6 is 0 Å². The van der Waals surface area contributed by atoms with Crippen LogP contribution in [0.2, 0.25) is 0 Å². The van der Waals surface area contributed by atoms with Crippen molar-refractivity contribution in [3.8, 4) is 0 Å². The molecular weight excluding hydrogens is 348 g/mol. The van der Waals surface area contributed by atoms with Gasteiger partial charge >= 0.3 is 6.03 Å². The summed E-state index contributed by atoms with van der Waals surface area (Å²) in [6.45, 7) is 3.12. The first-order valence-corrected chi connectivity index (χ1v) is 9.74. The molecule has 9 heteroatoms. The summed E-state index contributed by atoms with van der Waals surface area (Å²) in [6.07, 6.45) is 8.81. The Bertz CT molecular complexity index is 774. The van der Waals surface area contributed by atoms with Crippen LogP contribution in [0.3, 0.4) is 0 Å². The number of anilines is 1. The van der Waals surface area contributed by atoms with E-state index in [-0.39, 0.29) is 12.1 Å². The minimum Gasteiger partial charge on any atom is -0.368 e. The summed E-state index contributed by atoms with van der Waals surface area (Å²) >= 11 is 0. The van der Waals surface area contributed by atoms with Gasteiger partial charge in [0.1, 0.15) is 11.9 Å². The molecule has 1 atom stereocenters. The summed E-state index contributed by atoms with van der Waals surface area (Å²) in [5.74, 6) is 1.88. The molecule has 0 unspecified atom stereocenters. The number of ether oxygens (including phenoxy) is 1. The molecule has 27 heavy (non-hydrogen) atoms. The third-order valence-electron chi connectivity index (χ3n) is 5.20. The Balaban J connectivity index is 1.27. The van der Waals surface area contributed by atoms with Gasteiger partial charge in [-0.3, -0.25) is 5.32 Å². The lowest BCUT2D eigenvalue weighted by atomic mass is 10.2. The average molecular weight is 374 g/mol. The Kier molecular flexibility index (Phi) is 5.38. The average Bonchev–Trinajstić information content (AvgIpc) is 3.44. The summed E-state index contributed by atoms with van der Waals surface area (Å²) in [5.41, 5.74) is 0.969. The lowest BCUT2D eigenvalue weighted by Crippen LogP contribution is -2.32. The van der Waals surface area contributed by atoms with Crippen molar-refractivity contribution in [1.29, 1.82) is 0 Å². The molecule has 2 fully saturated rings. The van der Waals surface area contributed by atoms with Crippen molar-refractivity contribution in [3.05, 3.63) is 23.5 Å². The van der Waals surface area contributed by atoms with E-state index in [2.05, 4.69) is 25.9 Å². The molecule has 2 amide bonds. The first kappa shape index (κ1) is 18.0. The SMILES string of the molecule is Cc1cnn(C2CCCC2)c1NC(=O)NCCc1noc([C@H]2CCCO2)n1. The number of hydrogen-bond acceptors (Lipinski definition) is 6. The first-order valence-electron chi connectivity index (χ1n) is 9.74. The highest BCUT2D eigenvalue weighted by Gasteiger charge is 2.24. The van der Waals surface area contributed by atoms with E-state index >= 15 is 0 Å². The van der Waals surface area contributed by atoms with Gasteiger partial charge < -0.3 is 14.6 Å². The van der Waals surface area contributed by atoms with E-state index in [1.54, 1.807) is 6.20 Å². The fourth-order valence-corrected chi connectivity index (χ4v) is 3.74. The first-order chi connectivity index (χ1) is 13.2. The molecule has 4 rings (SSSR count). The Morgan fingerprint density at radius 2 is 2.15 bits per heavy atom. The van der Waals surface area contributed by atoms with Crippen LogP contribution in [-0.4, -0.2) is 39.1 Å². The van der Waals surface area contributed by atoms with Gasteiger partial charge in [-0.25, -0.2) is 9.48 Å². The molecule has 1 saturated carbocycles. The van der Waals surface area contributed by atoms with Gasteiger partial charge in [0, 0.05) is 25.1 Å². The number of carbonyl (C=O) groups is 1. The molecule has 0 radical (unpaired) electrons. The summed E-state index contributed by atoms with van der Waals surface area (Å²) in [6, 6.07) is 0.130. The molecule has 1 aliphatic heterocycles. The van der Waals surface area contributed by atoms with Crippen molar-refractivity contribution >= 4 is 11.8 Å². The number of aryl methyl sites for hydroxylation is 1. The largest absolute Gasteiger partial charge is 0.368 e. The third kappa shape index (κ3) is 4.13. The molecule has 2 aromatic heterocycles. The van der Waals surface area contributed by atoms with E-state index in [0.717, 1.165) is 43.7 Å². The smallest absolute Gasteiger partial charge is 0.320 e. The highest BCUT2D eigenvalue weighted by atomic mass is 16.5. The molecule has 0 spiro atoms. The monoisotopic (exact) mass is 374 g/mol. The summed E-state index contributed by atoms with van der Waals surface area (Å²) < 4.78 is 12.7. The topological polar surface area (TPSA) is 107 Å². The van der Waals surface area contributed by atoms with Gasteiger partial charge in [0.25, 0.3) is 5.89 Å². The zero-order valence-electron chi connectivity index (χ0n) is 15.6. The Morgan fingerprint density at radius 3 is 2.93 bits per heavy atom. The van der Waals surface area contributed by atoms with Crippen molar-refractivity contribution in [2.45, 2.75) is 64.0 Å². The van der Waals surface area contributed by atoms with Crippen LogP contribution in [0.4, 0.5) is 10.6 Å². The lowest BCUT2D eigenvalue weighted by Gasteiger charge is -2.15. The Hall–Kier alpha value is -2.42. The number of amides is 2. The molecular formula is C18H26N6O3.